The summed E-state index contributed by atoms with van der Waals surface area (Å²) < 4.78 is 5.74. The van der Waals surface area contributed by atoms with Crippen LogP contribution in [0.1, 0.15) is 10.4 Å². The van der Waals surface area contributed by atoms with Crippen LogP contribution in [0.4, 0.5) is 0 Å². The van der Waals surface area contributed by atoms with Gasteiger partial charge in [0, 0.05) is 16.5 Å². The summed E-state index contributed by atoms with van der Waals surface area (Å²) >= 11 is 6.07. The van der Waals surface area contributed by atoms with E-state index in [0.29, 0.717) is 16.2 Å². The SMILES string of the molecule is O=Cc1ccc(-c2cc3cccc(Cl)c3o2)cc1. The van der Waals surface area contributed by atoms with Crippen molar-refractivity contribution in [2.75, 3.05) is 0 Å². The maximum atomic E-state index is 10.6. The fourth-order valence-electron chi connectivity index (χ4n) is 1.90. The molecule has 18 heavy (non-hydrogen) atoms. The number of para-hydroxylation sites is 1. The van der Waals surface area contributed by atoms with Crippen molar-refractivity contribution >= 4 is 28.9 Å². The largest absolute Gasteiger partial charge is 0.455 e. The lowest BCUT2D eigenvalue weighted by atomic mass is 10.1. The predicted molar refractivity (Wildman–Crippen MR) is 72.0 cm³/mol. The first kappa shape index (κ1) is 11.1. The molecule has 3 aromatic rings. The number of rotatable bonds is 2. The molecule has 1 heterocycles. The molecule has 0 saturated heterocycles. The van der Waals surface area contributed by atoms with Crippen LogP contribution in [0.3, 0.4) is 0 Å². The third kappa shape index (κ3) is 1.81. The van der Waals surface area contributed by atoms with Gasteiger partial charge in [0.1, 0.15) is 12.0 Å². The Morgan fingerprint density at radius 1 is 1.06 bits per heavy atom. The highest BCUT2D eigenvalue weighted by atomic mass is 35.5. The first-order valence-electron chi connectivity index (χ1n) is 5.51. The molecule has 0 spiro atoms. The number of carbonyl (C=O) groups excluding carboxylic acids is 1. The lowest BCUT2D eigenvalue weighted by molar-refractivity contribution is 0.112. The van der Waals surface area contributed by atoms with Gasteiger partial charge in [-0.3, -0.25) is 4.79 Å². The molecule has 0 saturated carbocycles. The molecule has 0 aliphatic carbocycles. The zero-order chi connectivity index (χ0) is 12.5. The quantitative estimate of drug-likeness (QED) is 0.629. The van der Waals surface area contributed by atoms with Gasteiger partial charge in [0.2, 0.25) is 0 Å². The molecular formula is C15H9ClO2. The third-order valence-electron chi connectivity index (χ3n) is 2.83. The molecule has 0 atom stereocenters. The first-order chi connectivity index (χ1) is 8.78. The molecular weight excluding hydrogens is 248 g/mol. The summed E-state index contributed by atoms with van der Waals surface area (Å²) in [7, 11) is 0. The van der Waals surface area contributed by atoms with Crippen molar-refractivity contribution in [3.63, 3.8) is 0 Å². The Hall–Kier alpha value is -2.06. The normalized spacial score (nSPS) is 10.7. The minimum atomic E-state index is 0.600. The van der Waals surface area contributed by atoms with Gasteiger partial charge in [0.15, 0.2) is 5.58 Å². The van der Waals surface area contributed by atoms with Crippen molar-refractivity contribution < 1.29 is 9.21 Å². The van der Waals surface area contributed by atoms with Crippen LogP contribution in [0.25, 0.3) is 22.3 Å². The van der Waals surface area contributed by atoms with Crippen molar-refractivity contribution in [2.45, 2.75) is 0 Å². The average molecular weight is 257 g/mol. The Bertz CT molecular complexity index is 711. The first-order valence-corrected chi connectivity index (χ1v) is 5.89. The predicted octanol–water partition coefficient (Wildman–Crippen LogP) is 4.57. The number of fused-ring (bicyclic) bond motifs is 1. The summed E-state index contributed by atoms with van der Waals surface area (Å²) in [5.74, 6) is 0.746. The number of benzene rings is 2. The van der Waals surface area contributed by atoms with Crippen molar-refractivity contribution in [3.8, 4) is 11.3 Å². The molecule has 0 unspecified atom stereocenters. The summed E-state index contributed by atoms with van der Waals surface area (Å²) in [5.41, 5.74) is 2.26. The third-order valence-corrected chi connectivity index (χ3v) is 3.12. The zero-order valence-electron chi connectivity index (χ0n) is 9.39. The van der Waals surface area contributed by atoms with Gasteiger partial charge in [-0.15, -0.1) is 0 Å². The van der Waals surface area contributed by atoms with Crippen LogP contribution in [0.15, 0.2) is 52.9 Å². The van der Waals surface area contributed by atoms with Crippen LogP contribution >= 0.6 is 11.6 Å². The lowest BCUT2D eigenvalue weighted by Crippen LogP contribution is -1.78. The number of halogens is 1. The Morgan fingerprint density at radius 2 is 1.83 bits per heavy atom. The number of hydrogen-bond acceptors (Lipinski definition) is 2. The number of hydrogen-bond donors (Lipinski definition) is 0. The Kier molecular flexibility index (Phi) is 2.65. The molecule has 1 aromatic heterocycles. The number of furan rings is 1. The topological polar surface area (TPSA) is 30.2 Å². The molecule has 0 radical (unpaired) electrons. The molecule has 3 heteroatoms. The van der Waals surface area contributed by atoms with E-state index in [0.717, 1.165) is 23.0 Å². The average Bonchev–Trinajstić information content (AvgIpc) is 2.84. The van der Waals surface area contributed by atoms with E-state index >= 15 is 0 Å². The minimum absolute atomic E-state index is 0.600. The molecule has 3 rings (SSSR count). The van der Waals surface area contributed by atoms with Crippen LogP contribution in [0.2, 0.25) is 5.02 Å². The molecule has 0 amide bonds. The Balaban J connectivity index is 2.13. The zero-order valence-corrected chi connectivity index (χ0v) is 10.1. The van der Waals surface area contributed by atoms with Gasteiger partial charge < -0.3 is 4.42 Å². The molecule has 2 aromatic carbocycles. The van der Waals surface area contributed by atoms with Gasteiger partial charge >= 0.3 is 0 Å². The van der Waals surface area contributed by atoms with Gasteiger partial charge in [-0.25, -0.2) is 0 Å². The van der Waals surface area contributed by atoms with Gasteiger partial charge in [0.25, 0.3) is 0 Å². The smallest absolute Gasteiger partial charge is 0.153 e. The van der Waals surface area contributed by atoms with Crippen LogP contribution < -0.4 is 0 Å². The van der Waals surface area contributed by atoms with Gasteiger partial charge in [0.05, 0.1) is 5.02 Å². The van der Waals surface area contributed by atoms with Crippen LogP contribution in [-0.4, -0.2) is 6.29 Å². The van der Waals surface area contributed by atoms with Crippen molar-refractivity contribution in [2.24, 2.45) is 0 Å². The summed E-state index contributed by atoms with van der Waals surface area (Å²) in [5, 5.41) is 1.57. The van der Waals surface area contributed by atoms with Crippen LogP contribution in [0.5, 0.6) is 0 Å². The lowest BCUT2D eigenvalue weighted by Gasteiger charge is -1.96. The van der Waals surface area contributed by atoms with E-state index in [9.17, 15) is 4.79 Å². The second-order valence-electron chi connectivity index (χ2n) is 4.01. The van der Waals surface area contributed by atoms with Crippen molar-refractivity contribution in [3.05, 3.63) is 59.1 Å². The number of carbonyl (C=O) groups is 1. The Labute approximate surface area is 109 Å². The van der Waals surface area contributed by atoms with Crippen LogP contribution in [-0.2, 0) is 0 Å². The highest BCUT2D eigenvalue weighted by Crippen LogP contribution is 2.31. The van der Waals surface area contributed by atoms with Crippen LogP contribution in [0, 0.1) is 0 Å². The second kappa shape index (κ2) is 4.31. The fraction of sp³-hybridized carbons (Fsp3) is 0. The minimum Gasteiger partial charge on any atom is -0.455 e. The van der Waals surface area contributed by atoms with Gasteiger partial charge in [-0.2, -0.15) is 0 Å². The highest BCUT2D eigenvalue weighted by molar-refractivity contribution is 6.34. The van der Waals surface area contributed by atoms with E-state index < -0.39 is 0 Å². The summed E-state index contributed by atoms with van der Waals surface area (Å²) in [6, 6.07) is 14.8. The molecule has 2 nitrogen and oxygen atoms in total. The second-order valence-corrected chi connectivity index (χ2v) is 4.42. The molecule has 0 fully saturated rings. The molecule has 88 valence electrons. The van der Waals surface area contributed by atoms with Gasteiger partial charge in [-0.05, 0) is 12.1 Å². The summed E-state index contributed by atoms with van der Waals surface area (Å²) in [6.07, 6.45) is 0.819. The Morgan fingerprint density at radius 3 is 2.50 bits per heavy atom. The number of aldehydes is 1. The van der Waals surface area contributed by atoms with E-state index in [1.807, 2.05) is 30.3 Å². The fourth-order valence-corrected chi connectivity index (χ4v) is 2.12. The molecule has 0 aliphatic heterocycles. The van der Waals surface area contributed by atoms with E-state index in [2.05, 4.69) is 0 Å². The maximum Gasteiger partial charge on any atom is 0.153 e. The molecule has 0 N–H and O–H groups in total. The van der Waals surface area contributed by atoms with Crippen molar-refractivity contribution in [1.82, 2.24) is 0 Å². The molecule has 0 aliphatic rings. The van der Waals surface area contributed by atoms with E-state index in [-0.39, 0.29) is 0 Å². The highest BCUT2D eigenvalue weighted by Gasteiger charge is 2.08. The van der Waals surface area contributed by atoms with Crippen molar-refractivity contribution in [1.29, 1.82) is 0 Å². The standard InChI is InChI=1S/C15H9ClO2/c16-13-3-1-2-12-8-14(18-15(12)13)11-6-4-10(9-17)5-7-11/h1-9H. The maximum absolute atomic E-state index is 10.6. The monoisotopic (exact) mass is 256 g/mol. The van der Waals surface area contributed by atoms with E-state index in [1.165, 1.54) is 0 Å². The van der Waals surface area contributed by atoms with E-state index in [4.69, 9.17) is 16.0 Å². The summed E-state index contributed by atoms with van der Waals surface area (Å²) in [4.78, 5) is 10.6. The van der Waals surface area contributed by atoms with E-state index in [1.54, 1.807) is 18.2 Å². The van der Waals surface area contributed by atoms with Gasteiger partial charge in [-0.1, -0.05) is 48.0 Å². The molecule has 0 bridgehead atoms. The summed E-state index contributed by atoms with van der Waals surface area (Å²) in [6.45, 7) is 0.